The third-order valence-electron chi connectivity index (χ3n) is 4.22. The molecule has 0 bridgehead atoms. The summed E-state index contributed by atoms with van der Waals surface area (Å²) >= 11 is 0. The molecule has 2 N–H and O–H groups in total. The van der Waals surface area contributed by atoms with Gasteiger partial charge in [-0.1, -0.05) is 50.2 Å². The lowest BCUT2D eigenvalue weighted by Gasteiger charge is -2.15. The Morgan fingerprint density at radius 3 is 2.30 bits per heavy atom. The van der Waals surface area contributed by atoms with Gasteiger partial charge in [-0.25, -0.2) is 4.98 Å². The first-order valence-corrected chi connectivity index (χ1v) is 7.93. The Labute approximate surface area is 136 Å². The summed E-state index contributed by atoms with van der Waals surface area (Å²) in [5.41, 5.74) is 3.88. The molecule has 4 nitrogen and oxygen atoms in total. The summed E-state index contributed by atoms with van der Waals surface area (Å²) in [6, 6.07) is 15.8. The molecule has 0 saturated heterocycles. The number of hydrogen-bond donors (Lipinski definition) is 2. The van der Waals surface area contributed by atoms with Gasteiger partial charge in [-0.05, 0) is 29.2 Å². The number of imidazole rings is 1. The Morgan fingerprint density at radius 1 is 1.00 bits per heavy atom. The highest BCUT2D eigenvalue weighted by molar-refractivity contribution is 5.75. The molecule has 1 atom stereocenters. The number of para-hydroxylation sites is 2. The molecular weight excluding hydrogens is 288 g/mol. The van der Waals surface area contributed by atoms with E-state index in [0.717, 1.165) is 16.6 Å². The summed E-state index contributed by atoms with van der Waals surface area (Å²) in [4.78, 5) is 4.42. The molecule has 23 heavy (non-hydrogen) atoms. The van der Waals surface area contributed by atoms with Crippen LogP contribution >= 0.6 is 0 Å². The van der Waals surface area contributed by atoms with Crippen LogP contribution in [0.2, 0.25) is 0 Å². The molecule has 0 spiro atoms. The van der Waals surface area contributed by atoms with Crippen LogP contribution in [0.15, 0.2) is 48.5 Å². The zero-order valence-electron chi connectivity index (χ0n) is 13.5. The minimum Gasteiger partial charge on any atom is -0.388 e. The van der Waals surface area contributed by atoms with Gasteiger partial charge in [0.05, 0.1) is 23.7 Å². The smallest absolute Gasteiger partial charge is 0.135 e. The fraction of sp³-hybridized carbons (Fsp3) is 0.316. The summed E-state index contributed by atoms with van der Waals surface area (Å²) in [5.74, 6) is 1.05. The number of hydrogen-bond acceptors (Lipinski definition) is 3. The van der Waals surface area contributed by atoms with E-state index in [4.69, 9.17) is 0 Å². The number of rotatable bonds is 5. The summed E-state index contributed by atoms with van der Waals surface area (Å²) in [6.45, 7) is 4.53. The molecule has 0 radical (unpaired) electrons. The number of benzene rings is 2. The third kappa shape index (κ3) is 3.14. The average Bonchev–Trinajstić information content (AvgIpc) is 2.93. The first kappa shape index (κ1) is 15.7. The van der Waals surface area contributed by atoms with Gasteiger partial charge < -0.3 is 14.8 Å². The summed E-state index contributed by atoms with van der Waals surface area (Å²) in [5, 5.41) is 20.1. The molecule has 0 unspecified atom stereocenters. The first-order valence-electron chi connectivity index (χ1n) is 7.93. The quantitative estimate of drug-likeness (QED) is 0.759. The molecule has 1 heterocycles. The van der Waals surface area contributed by atoms with Crippen molar-refractivity contribution in [3.05, 3.63) is 65.5 Å². The minimum absolute atomic E-state index is 0.145. The molecule has 1 aromatic heterocycles. The topological polar surface area (TPSA) is 58.3 Å². The Morgan fingerprint density at radius 2 is 1.65 bits per heavy atom. The van der Waals surface area contributed by atoms with Crippen molar-refractivity contribution in [1.29, 1.82) is 0 Å². The number of fused-ring (bicyclic) bond motifs is 1. The van der Waals surface area contributed by atoms with Crippen molar-refractivity contribution in [3.8, 4) is 0 Å². The van der Waals surface area contributed by atoms with Crippen molar-refractivity contribution in [3.63, 3.8) is 0 Å². The fourth-order valence-electron chi connectivity index (χ4n) is 2.83. The number of nitrogens with zero attached hydrogens (tertiary/aromatic N) is 2. The highest BCUT2D eigenvalue weighted by atomic mass is 16.3. The number of aliphatic hydroxyl groups is 2. The van der Waals surface area contributed by atoms with Gasteiger partial charge in [-0.2, -0.15) is 0 Å². The summed E-state index contributed by atoms with van der Waals surface area (Å²) in [6.07, 6.45) is -0.640. The molecule has 0 aliphatic heterocycles. The second-order valence-corrected chi connectivity index (χ2v) is 6.12. The Kier molecular flexibility index (Phi) is 4.46. The van der Waals surface area contributed by atoms with Crippen LogP contribution in [0.5, 0.6) is 0 Å². The Hall–Kier alpha value is -2.17. The van der Waals surface area contributed by atoms with Gasteiger partial charge in [0, 0.05) is 0 Å². The van der Waals surface area contributed by atoms with Crippen molar-refractivity contribution in [2.45, 2.75) is 39.0 Å². The van der Waals surface area contributed by atoms with Gasteiger partial charge in [0.2, 0.25) is 0 Å². The molecule has 3 aromatic rings. The average molecular weight is 310 g/mol. The fourth-order valence-corrected chi connectivity index (χ4v) is 2.83. The summed E-state index contributed by atoms with van der Waals surface area (Å²) in [7, 11) is 0. The SMILES string of the molecule is CC(C)c1ccc([C@H](O)Cn2c(CO)nc3ccccc32)cc1. The Balaban J connectivity index is 1.89. The van der Waals surface area contributed by atoms with Crippen LogP contribution in [0.3, 0.4) is 0 Å². The molecule has 0 amide bonds. The van der Waals surface area contributed by atoms with Crippen LogP contribution in [0.25, 0.3) is 11.0 Å². The maximum absolute atomic E-state index is 10.6. The molecule has 3 rings (SSSR count). The van der Waals surface area contributed by atoms with Crippen LogP contribution in [-0.4, -0.2) is 19.8 Å². The highest BCUT2D eigenvalue weighted by Crippen LogP contribution is 2.23. The van der Waals surface area contributed by atoms with Crippen molar-refractivity contribution in [2.24, 2.45) is 0 Å². The zero-order chi connectivity index (χ0) is 16.4. The van der Waals surface area contributed by atoms with Crippen LogP contribution in [0.1, 0.15) is 42.8 Å². The molecule has 120 valence electrons. The van der Waals surface area contributed by atoms with Gasteiger partial charge in [0.25, 0.3) is 0 Å². The maximum Gasteiger partial charge on any atom is 0.135 e. The van der Waals surface area contributed by atoms with Gasteiger partial charge >= 0.3 is 0 Å². The number of aliphatic hydroxyl groups excluding tert-OH is 2. The molecule has 4 heteroatoms. The van der Waals surface area contributed by atoms with E-state index >= 15 is 0 Å². The summed E-state index contributed by atoms with van der Waals surface area (Å²) < 4.78 is 1.89. The maximum atomic E-state index is 10.6. The molecule has 0 aliphatic rings. The Bertz CT molecular complexity index is 791. The predicted octanol–water partition coefficient (Wildman–Crippen LogP) is 3.39. The lowest BCUT2D eigenvalue weighted by Crippen LogP contribution is -2.11. The van der Waals surface area contributed by atoms with Crippen LogP contribution in [0.4, 0.5) is 0 Å². The molecule has 0 fully saturated rings. The monoisotopic (exact) mass is 310 g/mol. The van der Waals surface area contributed by atoms with Crippen molar-refractivity contribution in [1.82, 2.24) is 9.55 Å². The van der Waals surface area contributed by atoms with Crippen LogP contribution < -0.4 is 0 Å². The van der Waals surface area contributed by atoms with E-state index in [1.165, 1.54) is 5.56 Å². The minimum atomic E-state index is -0.640. The number of aromatic nitrogens is 2. The first-order chi connectivity index (χ1) is 11.1. The highest BCUT2D eigenvalue weighted by Gasteiger charge is 2.15. The second kappa shape index (κ2) is 6.52. The molecule has 0 aliphatic carbocycles. The standard InChI is InChI=1S/C19H22N2O2/c1-13(2)14-7-9-15(10-8-14)18(23)11-21-17-6-4-3-5-16(17)20-19(21)12-22/h3-10,13,18,22-23H,11-12H2,1-2H3/t18-/m1/s1. The van der Waals surface area contributed by atoms with E-state index in [0.29, 0.717) is 18.3 Å². The second-order valence-electron chi connectivity index (χ2n) is 6.12. The van der Waals surface area contributed by atoms with Crippen LogP contribution in [0, 0.1) is 0 Å². The van der Waals surface area contributed by atoms with Crippen molar-refractivity contribution >= 4 is 11.0 Å². The lowest BCUT2D eigenvalue weighted by atomic mass is 10.00. The van der Waals surface area contributed by atoms with E-state index < -0.39 is 6.10 Å². The van der Waals surface area contributed by atoms with Gasteiger partial charge in [0.1, 0.15) is 12.4 Å². The van der Waals surface area contributed by atoms with E-state index in [2.05, 4.69) is 31.0 Å². The molecular formula is C19H22N2O2. The van der Waals surface area contributed by atoms with E-state index in [9.17, 15) is 10.2 Å². The third-order valence-corrected chi connectivity index (χ3v) is 4.22. The lowest BCUT2D eigenvalue weighted by molar-refractivity contribution is 0.153. The van der Waals surface area contributed by atoms with E-state index in [-0.39, 0.29) is 6.61 Å². The molecule has 2 aromatic carbocycles. The van der Waals surface area contributed by atoms with Crippen molar-refractivity contribution < 1.29 is 10.2 Å². The van der Waals surface area contributed by atoms with Crippen molar-refractivity contribution in [2.75, 3.05) is 0 Å². The van der Waals surface area contributed by atoms with E-state index in [1.807, 2.05) is 41.0 Å². The normalized spacial score (nSPS) is 12.9. The van der Waals surface area contributed by atoms with Crippen LogP contribution in [-0.2, 0) is 13.2 Å². The predicted molar refractivity (Wildman–Crippen MR) is 91.1 cm³/mol. The van der Waals surface area contributed by atoms with E-state index in [1.54, 1.807) is 0 Å². The van der Waals surface area contributed by atoms with Gasteiger partial charge in [-0.15, -0.1) is 0 Å². The van der Waals surface area contributed by atoms with Gasteiger partial charge in [-0.3, -0.25) is 0 Å². The largest absolute Gasteiger partial charge is 0.388 e. The van der Waals surface area contributed by atoms with Gasteiger partial charge in [0.15, 0.2) is 0 Å². The molecule has 0 saturated carbocycles. The zero-order valence-corrected chi connectivity index (χ0v) is 13.5.